The molecule has 1 aliphatic carbocycles. The summed E-state index contributed by atoms with van der Waals surface area (Å²) < 4.78 is 1.61. The molecule has 6 nitrogen and oxygen atoms in total. The first kappa shape index (κ1) is 10.2. The summed E-state index contributed by atoms with van der Waals surface area (Å²) in [4.78, 5) is 15.9. The van der Waals surface area contributed by atoms with Gasteiger partial charge in [0.1, 0.15) is 0 Å². The minimum Gasteiger partial charge on any atom is -0.393 e. The number of rotatable bonds is 2. The molecule has 2 aromatic heterocycles. The van der Waals surface area contributed by atoms with Crippen LogP contribution in [0.5, 0.6) is 0 Å². The second kappa shape index (κ2) is 3.81. The highest BCUT2D eigenvalue weighted by atomic mass is 16.3. The fraction of sp³-hybridized carbons (Fsp3) is 0.364. The number of aliphatic hydroxyl groups is 1. The van der Waals surface area contributed by atoms with Crippen LogP contribution in [0.1, 0.15) is 23.2 Å². The lowest BCUT2D eigenvalue weighted by Crippen LogP contribution is -2.46. The number of carbonyl (C=O) groups excluding carboxylic acids is 1. The average molecular weight is 232 g/mol. The molecule has 1 fully saturated rings. The largest absolute Gasteiger partial charge is 0.393 e. The van der Waals surface area contributed by atoms with Gasteiger partial charge in [-0.25, -0.2) is 4.52 Å². The summed E-state index contributed by atoms with van der Waals surface area (Å²) in [5.41, 5.74) is 1.20. The van der Waals surface area contributed by atoms with Crippen molar-refractivity contribution in [1.29, 1.82) is 0 Å². The number of hydrogen-bond donors (Lipinski definition) is 2. The molecule has 1 saturated carbocycles. The molecule has 17 heavy (non-hydrogen) atoms. The lowest BCUT2D eigenvalue weighted by atomic mass is 9.89. The predicted octanol–water partition coefficient (Wildman–Crippen LogP) is -0.0176. The molecule has 1 amide bonds. The standard InChI is InChI=1S/C11H12N4O2/c16-8-3-7(4-8)14-11(17)9-5-13-15-2-1-12-6-10(9)15/h1-2,5-8,16H,3-4H2,(H,14,17). The van der Waals surface area contributed by atoms with E-state index >= 15 is 0 Å². The predicted molar refractivity (Wildman–Crippen MR) is 59.5 cm³/mol. The maximum atomic E-state index is 12.0. The van der Waals surface area contributed by atoms with Gasteiger partial charge in [0.15, 0.2) is 0 Å². The number of amides is 1. The van der Waals surface area contributed by atoms with E-state index in [4.69, 9.17) is 5.11 Å². The Bertz CT molecular complexity index is 559. The van der Waals surface area contributed by atoms with Crippen LogP contribution in [-0.4, -0.2) is 37.8 Å². The van der Waals surface area contributed by atoms with E-state index in [0.29, 0.717) is 23.9 Å². The van der Waals surface area contributed by atoms with E-state index in [1.165, 1.54) is 6.20 Å². The highest BCUT2D eigenvalue weighted by Gasteiger charge is 2.29. The molecule has 0 aromatic carbocycles. The van der Waals surface area contributed by atoms with E-state index in [1.807, 2.05) is 0 Å². The van der Waals surface area contributed by atoms with Crippen LogP contribution in [-0.2, 0) is 0 Å². The minimum atomic E-state index is -0.272. The fourth-order valence-corrected chi connectivity index (χ4v) is 1.98. The van der Waals surface area contributed by atoms with Crippen molar-refractivity contribution in [1.82, 2.24) is 19.9 Å². The van der Waals surface area contributed by atoms with Gasteiger partial charge in [-0.15, -0.1) is 0 Å². The molecular weight excluding hydrogens is 220 g/mol. The molecule has 0 atom stereocenters. The smallest absolute Gasteiger partial charge is 0.255 e. The van der Waals surface area contributed by atoms with Crippen LogP contribution in [0, 0.1) is 0 Å². The molecule has 88 valence electrons. The molecule has 0 saturated heterocycles. The van der Waals surface area contributed by atoms with Gasteiger partial charge < -0.3 is 10.4 Å². The number of aliphatic hydroxyl groups excluding tert-OH is 1. The van der Waals surface area contributed by atoms with Crippen molar-refractivity contribution in [2.24, 2.45) is 0 Å². The van der Waals surface area contributed by atoms with E-state index in [9.17, 15) is 4.79 Å². The zero-order chi connectivity index (χ0) is 11.8. The van der Waals surface area contributed by atoms with Gasteiger partial charge in [-0.3, -0.25) is 9.78 Å². The Morgan fingerprint density at radius 3 is 3.06 bits per heavy atom. The van der Waals surface area contributed by atoms with Crippen molar-refractivity contribution in [2.45, 2.75) is 25.0 Å². The summed E-state index contributed by atoms with van der Waals surface area (Å²) in [5.74, 6) is -0.162. The van der Waals surface area contributed by atoms with Crippen LogP contribution in [0.4, 0.5) is 0 Å². The van der Waals surface area contributed by atoms with E-state index in [-0.39, 0.29) is 18.1 Å². The lowest BCUT2D eigenvalue weighted by Gasteiger charge is -2.31. The molecule has 0 aliphatic heterocycles. The second-order valence-corrected chi connectivity index (χ2v) is 4.26. The maximum absolute atomic E-state index is 12.0. The Balaban J connectivity index is 1.81. The molecule has 0 radical (unpaired) electrons. The first-order valence-electron chi connectivity index (χ1n) is 5.50. The molecule has 0 unspecified atom stereocenters. The van der Waals surface area contributed by atoms with Gasteiger partial charge in [-0.2, -0.15) is 5.10 Å². The summed E-state index contributed by atoms with van der Waals surface area (Å²) >= 11 is 0. The van der Waals surface area contributed by atoms with Crippen LogP contribution >= 0.6 is 0 Å². The third-order valence-electron chi connectivity index (χ3n) is 3.02. The van der Waals surface area contributed by atoms with Crippen LogP contribution in [0.2, 0.25) is 0 Å². The lowest BCUT2D eigenvalue weighted by molar-refractivity contribution is 0.0563. The molecule has 0 spiro atoms. The normalized spacial score (nSPS) is 23.4. The summed E-state index contributed by atoms with van der Waals surface area (Å²) in [6.07, 6.45) is 7.43. The summed E-state index contributed by atoms with van der Waals surface area (Å²) in [6.45, 7) is 0. The van der Waals surface area contributed by atoms with Crippen LogP contribution in [0.3, 0.4) is 0 Å². The van der Waals surface area contributed by atoms with Crippen molar-refractivity contribution < 1.29 is 9.90 Å². The number of aromatic nitrogens is 3. The second-order valence-electron chi connectivity index (χ2n) is 4.26. The van der Waals surface area contributed by atoms with Crippen molar-refractivity contribution >= 4 is 11.4 Å². The molecular formula is C11H12N4O2. The zero-order valence-corrected chi connectivity index (χ0v) is 9.08. The fourth-order valence-electron chi connectivity index (χ4n) is 1.98. The van der Waals surface area contributed by atoms with E-state index in [1.54, 1.807) is 23.1 Å². The molecule has 1 aliphatic rings. The molecule has 2 heterocycles. The summed E-state index contributed by atoms with van der Waals surface area (Å²) in [7, 11) is 0. The Morgan fingerprint density at radius 1 is 1.47 bits per heavy atom. The highest BCUT2D eigenvalue weighted by molar-refractivity contribution is 6.00. The van der Waals surface area contributed by atoms with Crippen LogP contribution in [0.15, 0.2) is 24.8 Å². The van der Waals surface area contributed by atoms with E-state index < -0.39 is 0 Å². The van der Waals surface area contributed by atoms with Gasteiger partial charge in [0.05, 0.1) is 29.6 Å². The van der Waals surface area contributed by atoms with Gasteiger partial charge in [0.2, 0.25) is 0 Å². The van der Waals surface area contributed by atoms with Crippen molar-refractivity contribution in [2.75, 3.05) is 0 Å². The van der Waals surface area contributed by atoms with Crippen molar-refractivity contribution in [3.63, 3.8) is 0 Å². The number of carbonyl (C=O) groups is 1. The molecule has 3 rings (SSSR count). The third kappa shape index (κ3) is 1.76. The number of nitrogens with zero attached hydrogens (tertiary/aromatic N) is 3. The van der Waals surface area contributed by atoms with Gasteiger partial charge in [0, 0.05) is 18.4 Å². The first-order chi connectivity index (χ1) is 8.24. The van der Waals surface area contributed by atoms with E-state index in [2.05, 4.69) is 15.4 Å². The molecule has 0 bridgehead atoms. The highest BCUT2D eigenvalue weighted by Crippen LogP contribution is 2.20. The summed E-state index contributed by atoms with van der Waals surface area (Å²) in [6, 6.07) is 0.0733. The first-order valence-corrected chi connectivity index (χ1v) is 5.50. The molecule has 6 heteroatoms. The number of nitrogens with one attached hydrogen (secondary N) is 1. The van der Waals surface area contributed by atoms with Gasteiger partial charge >= 0.3 is 0 Å². The molecule has 2 aromatic rings. The Morgan fingerprint density at radius 2 is 2.29 bits per heavy atom. The molecule has 2 N–H and O–H groups in total. The topological polar surface area (TPSA) is 79.5 Å². The van der Waals surface area contributed by atoms with Crippen molar-refractivity contribution in [3.05, 3.63) is 30.4 Å². The summed E-state index contributed by atoms with van der Waals surface area (Å²) in [5, 5.41) is 16.1. The average Bonchev–Trinajstić information content (AvgIpc) is 2.70. The van der Waals surface area contributed by atoms with Crippen LogP contribution < -0.4 is 5.32 Å². The number of hydrogen-bond acceptors (Lipinski definition) is 4. The Hall–Kier alpha value is -1.95. The number of fused-ring (bicyclic) bond motifs is 1. The van der Waals surface area contributed by atoms with Crippen LogP contribution in [0.25, 0.3) is 5.52 Å². The quantitative estimate of drug-likeness (QED) is 0.762. The van der Waals surface area contributed by atoms with Gasteiger partial charge in [-0.05, 0) is 12.8 Å². The maximum Gasteiger partial charge on any atom is 0.255 e. The minimum absolute atomic E-state index is 0.0733. The monoisotopic (exact) mass is 232 g/mol. The van der Waals surface area contributed by atoms with Gasteiger partial charge in [-0.1, -0.05) is 0 Å². The van der Waals surface area contributed by atoms with Crippen molar-refractivity contribution in [3.8, 4) is 0 Å². The Labute approximate surface area is 97.3 Å². The van der Waals surface area contributed by atoms with Gasteiger partial charge in [0.25, 0.3) is 5.91 Å². The third-order valence-corrected chi connectivity index (χ3v) is 3.02. The zero-order valence-electron chi connectivity index (χ0n) is 9.08. The SMILES string of the molecule is O=C(NC1CC(O)C1)c1cnn2ccncc12. The Kier molecular flexibility index (Phi) is 2.29. The van der Waals surface area contributed by atoms with E-state index in [0.717, 1.165) is 0 Å².